The fourth-order valence-electron chi connectivity index (χ4n) is 2.63. The molecule has 1 N–H and O–H groups in total. The van der Waals surface area contributed by atoms with Crippen molar-refractivity contribution in [2.45, 2.75) is 19.5 Å². The molecule has 0 saturated heterocycles. The average Bonchev–Trinajstić information content (AvgIpc) is 2.60. The third kappa shape index (κ3) is 9.38. The van der Waals surface area contributed by atoms with E-state index < -0.39 is 7.81 Å². The Balaban J connectivity index is 0.000000370. The Kier molecular flexibility index (Phi) is 5.95. The summed E-state index contributed by atoms with van der Waals surface area (Å²) in [7, 11) is -10.7. The number of pyridine rings is 1. The van der Waals surface area contributed by atoms with Crippen molar-refractivity contribution in [2.75, 3.05) is 0 Å². The Morgan fingerprint density at radius 1 is 0.897 bits per heavy atom. The van der Waals surface area contributed by atoms with Crippen LogP contribution < -0.4 is 9.88 Å². The number of fused-ring (bicyclic) bond motifs is 1. The molecule has 3 nitrogen and oxygen atoms in total. The molecule has 29 heavy (non-hydrogen) atoms. The van der Waals surface area contributed by atoms with Crippen LogP contribution in [0.4, 0.5) is 25.2 Å². The number of hydrogen-bond donors (Lipinski definition) is 1. The van der Waals surface area contributed by atoms with Crippen molar-refractivity contribution in [1.29, 1.82) is 0 Å². The maximum atomic E-state index is 12.3. The van der Waals surface area contributed by atoms with Gasteiger partial charge in [-0.25, -0.2) is 0 Å². The molecule has 10 heteroatoms. The molecule has 0 radical (unpaired) electrons. The number of nitrogens with zero attached hydrogens (tertiary/aromatic N) is 1. The van der Waals surface area contributed by atoms with E-state index in [1.807, 2.05) is 72.3 Å². The van der Waals surface area contributed by atoms with Crippen molar-refractivity contribution in [3.05, 3.63) is 78.5 Å². The summed E-state index contributed by atoms with van der Waals surface area (Å²) in [6, 6.07) is 22.1. The molecule has 1 aromatic heterocycles. The Labute approximate surface area is 163 Å². The topological polar surface area (TPSA) is 33.0 Å². The first-order valence-corrected chi connectivity index (χ1v) is 10.5. The number of aromatic nitrogens is 1. The van der Waals surface area contributed by atoms with Crippen LogP contribution in [0.15, 0.2) is 72.9 Å². The van der Waals surface area contributed by atoms with E-state index in [1.54, 1.807) is 0 Å². The molecule has 0 aliphatic heterocycles. The number of carbonyl (C=O) groups is 1. The van der Waals surface area contributed by atoms with E-state index in [-0.39, 0.29) is 11.9 Å². The summed E-state index contributed by atoms with van der Waals surface area (Å²) in [4.78, 5) is 12.3. The van der Waals surface area contributed by atoms with Gasteiger partial charge in [-0.15, -0.1) is 0 Å². The molecule has 0 fully saturated rings. The average molecular weight is 436 g/mol. The summed E-state index contributed by atoms with van der Waals surface area (Å²) in [5.41, 5.74) is 2.17. The number of nitrogens with one attached hydrogen (secondary N) is 1. The van der Waals surface area contributed by atoms with Crippen molar-refractivity contribution in [3.8, 4) is 0 Å². The van der Waals surface area contributed by atoms with Gasteiger partial charge in [-0.05, 0) is 24.6 Å². The Morgan fingerprint density at radius 2 is 1.41 bits per heavy atom. The third-order valence-corrected chi connectivity index (χ3v) is 3.78. The normalized spacial score (nSPS) is 14.7. The second-order valence-corrected chi connectivity index (χ2v) is 8.27. The van der Waals surface area contributed by atoms with Gasteiger partial charge in [0.1, 0.15) is 0 Å². The molecule has 0 spiro atoms. The summed E-state index contributed by atoms with van der Waals surface area (Å²) < 4.78 is 61.2. The Hall–Kier alpha value is -2.67. The predicted octanol–water partition coefficient (Wildman–Crippen LogP) is 6.39. The fourth-order valence-corrected chi connectivity index (χ4v) is 2.63. The zero-order valence-electron chi connectivity index (χ0n) is 15.3. The number of carbonyl (C=O) groups excluding carboxylic acids is 1. The molecule has 0 unspecified atom stereocenters. The second kappa shape index (κ2) is 7.63. The SMILES string of the molecule is C[C@H](NC(=O)C[n+]1cccc2ccccc21)c1ccccc1.F[P-](F)(F)(F)(F)F. The van der Waals surface area contributed by atoms with E-state index in [0.29, 0.717) is 6.54 Å². The molecule has 0 aliphatic carbocycles. The monoisotopic (exact) mass is 436 g/mol. The van der Waals surface area contributed by atoms with Gasteiger partial charge in [-0.1, -0.05) is 42.5 Å². The minimum absolute atomic E-state index is 0.00396. The Bertz CT molecular complexity index is 978. The van der Waals surface area contributed by atoms with Crippen molar-refractivity contribution >= 4 is 24.6 Å². The number of hydrogen-bond acceptors (Lipinski definition) is 1. The van der Waals surface area contributed by atoms with Gasteiger partial charge < -0.3 is 5.32 Å². The number of halogens is 6. The van der Waals surface area contributed by atoms with Crippen LogP contribution in [0.25, 0.3) is 10.9 Å². The van der Waals surface area contributed by atoms with Crippen LogP contribution in [-0.2, 0) is 11.3 Å². The van der Waals surface area contributed by atoms with E-state index in [2.05, 4.69) is 17.4 Å². The van der Waals surface area contributed by atoms with Crippen molar-refractivity contribution in [3.63, 3.8) is 0 Å². The summed E-state index contributed by atoms with van der Waals surface area (Å²) in [5.74, 6) is 0.0118. The molecule has 1 heterocycles. The van der Waals surface area contributed by atoms with Gasteiger partial charge >= 0.3 is 33.0 Å². The predicted molar refractivity (Wildman–Crippen MR) is 101 cm³/mol. The molecule has 0 bridgehead atoms. The van der Waals surface area contributed by atoms with E-state index in [1.165, 1.54) is 0 Å². The first-order chi connectivity index (χ1) is 13.2. The van der Waals surface area contributed by atoms with Crippen LogP contribution in [-0.4, -0.2) is 5.91 Å². The standard InChI is InChI=1S/C19H18N2O.F6P/c1-15(16-8-3-2-4-9-16)20-19(22)14-21-13-7-11-17-10-5-6-12-18(17)21;1-7(2,3,4,5)6/h2-13,15H,14H2,1H3;/q;-1/p+1/t15-;/m0./s1. The van der Waals surface area contributed by atoms with E-state index in [0.717, 1.165) is 16.5 Å². The summed E-state index contributed by atoms with van der Waals surface area (Å²) in [6.07, 6.45) is 1.94. The van der Waals surface area contributed by atoms with Crippen molar-refractivity contribution in [1.82, 2.24) is 5.32 Å². The number of rotatable bonds is 4. The first kappa shape index (κ1) is 22.6. The zero-order valence-corrected chi connectivity index (χ0v) is 16.2. The molecule has 3 aromatic rings. The number of para-hydroxylation sites is 1. The maximum absolute atomic E-state index is 12.3. The quantitative estimate of drug-likeness (QED) is 0.287. The summed E-state index contributed by atoms with van der Waals surface area (Å²) in [5, 5.41) is 4.18. The molecule has 2 aromatic carbocycles. The minimum atomic E-state index is -10.7. The molecule has 158 valence electrons. The first-order valence-electron chi connectivity index (χ1n) is 8.47. The Morgan fingerprint density at radius 3 is 2.03 bits per heavy atom. The molecule has 1 amide bonds. The van der Waals surface area contributed by atoms with Crippen LogP contribution in [0, 0.1) is 0 Å². The summed E-state index contributed by atoms with van der Waals surface area (Å²) in [6.45, 7) is 2.32. The third-order valence-electron chi connectivity index (χ3n) is 3.78. The molecule has 1 atom stereocenters. The van der Waals surface area contributed by atoms with Gasteiger partial charge in [-0.3, -0.25) is 4.79 Å². The molecular weight excluding hydrogens is 417 g/mol. The van der Waals surface area contributed by atoms with Gasteiger partial charge in [0.25, 0.3) is 5.91 Å². The van der Waals surface area contributed by atoms with Crippen molar-refractivity contribution in [2.24, 2.45) is 0 Å². The van der Waals surface area contributed by atoms with Crippen molar-refractivity contribution < 1.29 is 34.5 Å². The van der Waals surface area contributed by atoms with Gasteiger partial charge in [0.15, 0.2) is 6.20 Å². The van der Waals surface area contributed by atoms with Crippen LogP contribution in [0.1, 0.15) is 18.5 Å². The van der Waals surface area contributed by atoms with E-state index in [9.17, 15) is 30.0 Å². The molecule has 3 rings (SSSR count). The second-order valence-electron chi connectivity index (χ2n) is 6.35. The van der Waals surface area contributed by atoms with E-state index in [4.69, 9.17) is 0 Å². The van der Waals surface area contributed by atoms with Gasteiger partial charge in [0, 0.05) is 17.5 Å². The van der Waals surface area contributed by atoms with Crippen LogP contribution >= 0.6 is 7.81 Å². The van der Waals surface area contributed by atoms with Crippen LogP contribution in [0.5, 0.6) is 0 Å². The van der Waals surface area contributed by atoms with Crippen LogP contribution in [0.3, 0.4) is 0 Å². The van der Waals surface area contributed by atoms with E-state index >= 15 is 0 Å². The van der Waals surface area contributed by atoms with Gasteiger partial charge in [-0.2, -0.15) is 4.57 Å². The molecule has 0 saturated carbocycles. The molecule has 0 aliphatic rings. The van der Waals surface area contributed by atoms with Gasteiger partial charge in [0.2, 0.25) is 12.1 Å². The fraction of sp³-hybridized carbons (Fsp3) is 0.158. The number of amides is 1. The van der Waals surface area contributed by atoms with Crippen LogP contribution in [0.2, 0.25) is 0 Å². The molecular formula is C19H19F6N2OP. The number of benzene rings is 2. The zero-order chi connectivity index (χ0) is 21.8. The summed E-state index contributed by atoms with van der Waals surface area (Å²) >= 11 is 0. The van der Waals surface area contributed by atoms with Gasteiger partial charge in [0.05, 0.1) is 6.04 Å².